The van der Waals surface area contributed by atoms with Gasteiger partial charge in [-0.05, 0) is 25.5 Å². The molecule has 1 amide bonds. The van der Waals surface area contributed by atoms with E-state index in [0.717, 1.165) is 11.4 Å². The Morgan fingerprint density at radius 2 is 2.22 bits per heavy atom. The van der Waals surface area contributed by atoms with Gasteiger partial charge >= 0.3 is 0 Å². The number of aromatic hydroxyl groups is 1. The Morgan fingerprint density at radius 1 is 1.44 bits per heavy atom. The molecule has 94 valence electrons. The number of carbonyl (C=O) groups is 1. The number of aryl methyl sites for hydroxylation is 1. The van der Waals surface area contributed by atoms with Crippen LogP contribution in [0.2, 0.25) is 0 Å². The topological polar surface area (TPSA) is 75.1 Å². The molecule has 0 aliphatic rings. The van der Waals surface area contributed by atoms with Crippen LogP contribution in [0.25, 0.3) is 0 Å². The molecule has 1 aromatic carbocycles. The Hall–Kier alpha value is -1.95. The third-order valence-corrected chi connectivity index (χ3v) is 3.52. The first-order chi connectivity index (χ1) is 8.61. The summed E-state index contributed by atoms with van der Waals surface area (Å²) in [4.78, 5) is 12.0. The number of aromatic nitrogens is 2. The van der Waals surface area contributed by atoms with Crippen LogP contribution in [0, 0.1) is 6.92 Å². The predicted octanol–water partition coefficient (Wildman–Crippen LogP) is 2.37. The number of carbonyl (C=O) groups excluding carboxylic acids is 1. The van der Waals surface area contributed by atoms with E-state index in [0.29, 0.717) is 16.3 Å². The number of benzene rings is 1. The molecule has 2 aromatic rings. The first-order valence-electron chi connectivity index (χ1n) is 5.54. The average molecular weight is 263 g/mol. The van der Waals surface area contributed by atoms with Gasteiger partial charge in [0.05, 0.1) is 0 Å². The highest BCUT2D eigenvalue weighted by Crippen LogP contribution is 2.21. The van der Waals surface area contributed by atoms with Crippen molar-refractivity contribution in [3.8, 4) is 5.75 Å². The summed E-state index contributed by atoms with van der Waals surface area (Å²) in [5.74, 6) is -0.184. The molecular formula is C12H13N3O2S. The van der Waals surface area contributed by atoms with Crippen LogP contribution in [0.15, 0.2) is 18.2 Å². The van der Waals surface area contributed by atoms with Crippen LogP contribution in [0.1, 0.15) is 27.9 Å². The fourth-order valence-corrected chi connectivity index (χ4v) is 2.16. The van der Waals surface area contributed by atoms with Gasteiger partial charge in [0.15, 0.2) is 0 Å². The Labute approximate surface area is 109 Å². The molecule has 0 spiro atoms. The Kier molecular flexibility index (Phi) is 3.57. The monoisotopic (exact) mass is 263 g/mol. The molecule has 1 heterocycles. The normalized spacial score (nSPS) is 10.3. The maximum absolute atomic E-state index is 12.0. The molecule has 5 nitrogen and oxygen atoms in total. The van der Waals surface area contributed by atoms with Crippen LogP contribution in [0.3, 0.4) is 0 Å². The summed E-state index contributed by atoms with van der Waals surface area (Å²) >= 11 is 1.35. The average Bonchev–Trinajstić information content (AvgIpc) is 2.80. The molecule has 0 saturated heterocycles. The molecule has 0 aliphatic carbocycles. The number of hydrogen-bond acceptors (Lipinski definition) is 5. The van der Waals surface area contributed by atoms with Crippen LogP contribution in [-0.2, 0) is 6.42 Å². The van der Waals surface area contributed by atoms with Crippen molar-refractivity contribution in [2.75, 3.05) is 5.32 Å². The highest BCUT2D eigenvalue weighted by molar-refractivity contribution is 7.15. The first-order valence-corrected chi connectivity index (χ1v) is 6.35. The van der Waals surface area contributed by atoms with Crippen LogP contribution < -0.4 is 5.32 Å². The van der Waals surface area contributed by atoms with E-state index < -0.39 is 0 Å². The molecule has 2 rings (SSSR count). The van der Waals surface area contributed by atoms with Crippen molar-refractivity contribution in [2.45, 2.75) is 20.3 Å². The second kappa shape index (κ2) is 5.14. The van der Waals surface area contributed by atoms with E-state index in [4.69, 9.17) is 0 Å². The van der Waals surface area contributed by atoms with Gasteiger partial charge in [-0.3, -0.25) is 10.1 Å². The number of nitrogens with one attached hydrogen (secondary N) is 1. The van der Waals surface area contributed by atoms with E-state index >= 15 is 0 Å². The van der Waals surface area contributed by atoms with Gasteiger partial charge in [-0.2, -0.15) is 0 Å². The molecule has 0 atom stereocenters. The zero-order valence-corrected chi connectivity index (χ0v) is 10.9. The summed E-state index contributed by atoms with van der Waals surface area (Å²) in [6.07, 6.45) is 0.790. The maximum Gasteiger partial charge on any atom is 0.257 e. The number of phenols is 1. The lowest BCUT2D eigenvalue weighted by Gasteiger charge is -2.06. The number of anilines is 1. The van der Waals surface area contributed by atoms with Gasteiger partial charge in [0.2, 0.25) is 5.13 Å². The van der Waals surface area contributed by atoms with Gasteiger partial charge in [-0.1, -0.05) is 24.3 Å². The third kappa shape index (κ3) is 2.48. The summed E-state index contributed by atoms with van der Waals surface area (Å²) < 4.78 is 0. The van der Waals surface area contributed by atoms with E-state index in [1.54, 1.807) is 25.1 Å². The SMILES string of the molecule is CCc1nnc(NC(=O)c2cccc(O)c2C)s1. The summed E-state index contributed by atoms with van der Waals surface area (Å²) in [7, 11) is 0. The summed E-state index contributed by atoms with van der Waals surface area (Å²) in [6, 6.07) is 4.84. The second-order valence-corrected chi connectivity index (χ2v) is 4.82. The molecule has 0 saturated carbocycles. The van der Waals surface area contributed by atoms with Gasteiger partial charge in [-0.15, -0.1) is 10.2 Å². The van der Waals surface area contributed by atoms with Crippen LogP contribution in [0.5, 0.6) is 5.75 Å². The molecule has 0 bridgehead atoms. The molecule has 0 aliphatic heterocycles. The number of phenolic OH excluding ortho intramolecular Hbond substituents is 1. The number of nitrogens with zero attached hydrogens (tertiary/aromatic N) is 2. The predicted molar refractivity (Wildman–Crippen MR) is 70.1 cm³/mol. The van der Waals surface area contributed by atoms with Crippen LogP contribution >= 0.6 is 11.3 Å². The minimum absolute atomic E-state index is 0.106. The Balaban J connectivity index is 2.19. The van der Waals surface area contributed by atoms with E-state index in [1.807, 2.05) is 6.92 Å². The molecule has 1 aromatic heterocycles. The maximum atomic E-state index is 12.0. The second-order valence-electron chi connectivity index (χ2n) is 3.76. The molecule has 0 radical (unpaired) electrons. The zero-order valence-electron chi connectivity index (χ0n) is 10.1. The summed E-state index contributed by atoms with van der Waals surface area (Å²) in [5.41, 5.74) is 0.985. The van der Waals surface area contributed by atoms with Crippen molar-refractivity contribution in [3.63, 3.8) is 0 Å². The van der Waals surface area contributed by atoms with Gasteiger partial charge in [-0.25, -0.2) is 0 Å². The van der Waals surface area contributed by atoms with Gasteiger partial charge in [0.1, 0.15) is 10.8 Å². The molecule has 0 unspecified atom stereocenters. The van der Waals surface area contributed by atoms with Crippen LogP contribution in [0.4, 0.5) is 5.13 Å². The molecule has 6 heteroatoms. The zero-order chi connectivity index (χ0) is 13.1. The fraction of sp³-hybridized carbons (Fsp3) is 0.250. The van der Waals surface area contributed by atoms with Crippen molar-refractivity contribution < 1.29 is 9.90 Å². The van der Waals surface area contributed by atoms with E-state index in [1.165, 1.54) is 11.3 Å². The molecule has 18 heavy (non-hydrogen) atoms. The van der Waals surface area contributed by atoms with Crippen molar-refractivity contribution in [2.24, 2.45) is 0 Å². The minimum atomic E-state index is -0.290. The summed E-state index contributed by atoms with van der Waals surface area (Å²) in [5, 5.41) is 21.4. The van der Waals surface area contributed by atoms with Crippen molar-refractivity contribution >= 4 is 22.4 Å². The quantitative estimate of drug-likeness (QED) is 0.891. The largest absolute Gasteiger partial charge is 0.508 e. The molecule has 0 fully saturated rings. The van der Waals surface area contributed by atoms with E-state index in [-0.39, 0.29) is 11.7 Å². The van der Waals surface area contributed by atoms with E-state index in [9.17, 15) is 9.90 Å². The van der Waals surface area contributed by atoms with E-state index in [2.05, 4.69) is 15.5 Å². The number of amides is 1. The minimum Gasteiger partial charge on any atom is -0.508 e. The number of hydrogen-bond donors (Lipinski definition) is 2. The van der Waals surface area contributed by atoms with Crippen LogP contribution in [-0.4, -0.2) is 21.2 Å². The fourth-order valence-electron chi connectivity index (χ4n) is 1.48. The standard InChI is InChI=1S/C12H13N3O2S/c1-3-10-14-15-12(18-10)13-11(17)8-5-4-6-9(16)7(8)2/h4-6,16H,3H2,1-2H3,(H,13,15,17). The third-order valence-electron chi connectivity index (χ3n) is 2.54. The lowest BCUT2D eigenvalue weighted by Crippen LogP contribution is -2.13. The molecular weight excluding hydrogens is 250 g/mol. The number of rotatable bonds is 3. The smallest absolute Gasteiger partial charge is 0.257 e. The van der Waals surface area contributed by atoms with Gasteiger partial charge in [0.25, 0.3) is 5.91 Å². The lowest BCUT2D eigenvalue weighted by atomic mass is 10.1. The van der Waals surface area contributed by atoms with Crippen molar-refractivity contribution in [1.82, 2.24) is 10.2 Å². The molecule has 2 N–H and O–H groups in total. The Bertz CT molecular complexity index is 580. The van der Waals surface area contributed by atoms with Crippen molar-refractivity contribution in [1.29, 1.82) is 0 Å². The summed E-state index contributed by atoms with van der Waals surface area (Å²) in [6.45, 7) is 3.67. The Morgan fingerprint density at radius 3 is 2.89 bits per heavy atom. The highest BCUT2D eigenvalue weighted by atomic mass is 32.1. The first kappa shape index (κ1) is 12.5. The van der Waals surface area contributed by atoms with Crippen molar-refractivity contribution in [3.05, 3.63) is 34.3 Å². The highest BCUT2D eigenvalue weighted by Gasteiger charge is 2.13. The lowest BCUT2D eigenvalue weighted by molar-refractivity contribution is 0.102. The van der Waals surface area contributed by atoms with Gasteiger partial charge < -0.3 is 5.11 Å². The van der Waals surface area contributed by atoms with Gasteiger partial charge in [0, 0.05) is 11.1 Å².